The summed E-state index contributed by atoms with van der Waals surface area (Å²) >= 11 is 1.59. The minimum absolute atomic E-state index is 0.0858. The normalized spacial score (nSPS) is 15.7. The molecule has 1 heterocycles. The van der Waals surface area contributed by atoms with Gasteiger partial charge >= 0.3 is 0 Å². The van der Waals surface area contributed by atoms with Crippen molar-refractivity contribution < 1.29 is 9.84 Å². The van der Waals surface area contributed by atoms with Gasteiger partial charge in [-0.05, 0) is 30.4 Å². The van der Waals surface area contributed by atoms with Gasteiger partial charge in [0.2, 0.25) is 0 Å². The second kappa shape index (κ2) is 4.74. The molecule has 0 aliphatic rings. The van der Waals surface area contributed by atoms with Gasteiger partial charge in [0.15, 0.2) is 0 Å². The first-order chi connectivity index (χ1) is 6.20. The molecule has 3 heteroatoms. The van der Waals surface area contributed by atoms with E-state index in [2.05, 4.69) is 0 Å². The van der Waals surface area contributed by atoms with Crippen LogP contribution in [0.1, 0.15) is 29.9 Å². The zero-order valence-electron chi connectivity index (χ0n) is 8.28. The number of rotatable bonds is 4. The Morgan fingerprint density at radius 1 is 1.62 bits per heavy atom. The molecule has 1 N–H and O–H groups in total. The zero-order chi connectivity index (χ0) is 9.84. The highest BCUT2D eigenvalue weighted by Crippen LogP contribution is 2.28. The van der Waals surface area contributed by atoms with E-state index in [4.69, 9.17) is 4.74 Å². The van der Waals surface area contributed by atoms with Crippen molar-refractivity contribution in [2.45, 2.75) is 32.5 Å². The molecule has 1 aromatic rings. The molecule has 0 aliphatic heterocycles. The van der Waals surface area contributed by atoms with Crippen molar-refractivity contribution in [3.63, 3.8) is 0 Å². The second-order valence-corrected chi connectivity index (χ2v) is 4.04. The van der Waals surface area contributed by atoms with E-state index in [1.165, 1.54) is 0 Å². The Bertz CT molecular complexity index is 253. The fourth-order valence-corrected chi connectivity index (χ4v) is 2.34. The van der Waals surface area contributed by atoms with E-state index in [0.29, 0.717) is 0 Å². The van der Waals surface area contributed by atoms with Gasteiger partial charge in [-0.25, -0.2) is 0 Å². The van der Waals surface area contributed by atoms with Crippen LogP contribution in [-0.4, -0.2) is 18.3 Å². The SMILES string of the molecule is CCC(OC)C(O)c1sccc1C. The summed E-state index contributed by atoms with van der Waals surface area (Å²) in [6.07, 6.45) is 0.266. The molecule has 1 rings (SSSR count). The Hall–Kier alpha value is -0.380. The van der Waals surface area contributed by atoms with Crippen molar-refractivity contribution in [1.82, 2.24) is 0 Å². The Morgan fingerprint density at radius 3 is 2.69 bits per heavy atom. The van der Waals surface area contributed by atoms with E-state index >= 15 is 0 Å². The van der Waals surface area contributed by atoms with Gasteiger partial charge in [0, 0.05) is 12.0 Å². The van der Waals surface area contributed by atoms with Gasteiger partial charge in [0.1, 0.15) is 6.10 Å². The van der Waals surface area contributed by atoms with E-state index in [-0.39, 0.29) is 6.10 Å². The predicted octanol–water partition coefficient (Wildman–Crippen LogP) is 2.51. The number of methoxy groups -OCH3 is 1. The van der Waals surface area contributed by atoms with Crippen LogP contribution in [0.2, 0.25) is 0 Å². The van der Waals surface area contributed by atoms with Crippen molar-refractivity contribution in [1.29, 1.82) is 0 Å². The molecule has 0 bridgehead atoms. The molecule has 0 aliphatic carbocycles. The van der Waals surface area contributed by atoms with Crippen LogP contribution in [0.4, 0.5) is 0 Å². The van der Waals surface area contributed by atoms with Gasteiger partial charge in [-0.2, -0.15) is 0 Å². The highest BCUT2D eigenvalue weighted by Gasteiger charge is 2.21. The summed E-state index contributed by atoms with van der Waals surface area (Å²) in [6, 6.07) is 2.02. The van der Waals surface area contributed by atoms with Gasteiger partial charge < -0.3 is 9.84 Å². The average Bonchev–Trinajstić information content (AvgIpc) is 2.53. The third-order valence-electron chi connectivity index (χ3n) is 2.23. The van der Waals surface area contributed by atoms with Crippen LogP contribution in [0.25, 0.3) is 0 Å². The van der Waals surface area contributed by atoms with Crippen LogP contribution in [0.3, 0.4) is 0 Å². The summed E-state index contributed by atoms with van der Waals surface area (Å²) in [7, 11) is 1.64. The van der Waals surface area contributed by atoms with Crippen molar-refractivity contribution in [2.24, 2.45) is 0 Å². The van der Waals surface area contributed by atoms with Crippen molar-refractivity contribution >= 4 is 11.3 Å². The van der Waals surface area contributed by atoms with Crippen molar-refractivity contribution in [2.75, 3.05) is 7.11 Å². The number of hydrogen-bond donors (Lipinski definition) is 1. The third-order valence-corrected chi connectivity index (χ3v) is 3.32. The standard InChI is InChI=1S/C10H16O2S/c1-4-8(12-3)9(11)10-7(2)5-6-13-10/h5-6,8-9,11H,4H2,1-3H3. The lowest BCUT2D eigenvalue weighted by Gasteiger charge is -2.19. The number of aliphatic hydroxyl groups excluding tert-OH is 1. The second-order valence-electron chi connectivity index (χ2n) is 3.10. The van der Waals surface area contributed by atoms with Crippen LogP contribution >= 0.6 is 11.3 Å². The maximum atomic E-state index is 9.94. The minimum atomic E-state index is -0.477. The largest absolute Gasteiger partial charge is 0.385 e. The maximum Gasteiger partial charge on any atom is 0.114 e. The zero-order valence-corrected chi connectivity index (χ0v) is 9.10. The molecule has 2 nitrogen and oxygen atoms in total. The summed E-state index contributed by atoms with van der Waals surface area (Å²) in [5, 5.41) is 11.9. The molecule has 0 radical (unpaired) electrons. The van der Waals surface area contributed by atoms with E-state index in [0.717, 1.165) is 16.9 Å². The molecule has 0 amide bonds. The first-order valence-electron chi connectivity index (χ1n) is 4.45. The molecule has 0 aromatic carbocycles. The fourth-order valence-electron chi connectivity index (χ4n) is 1.38. The Labute approximate surface area is 83.2 Å². The number of aliphatic hydroxyl groups is 1. The quantitative estimate of drug-likeness (QED) is 0.809. The average molecular weight is 200 g/mol. The summed E-state index contributed by atoms with van der Waals surface area (Å²) in [5.74, 6) is 0. The minimum Gasteiger partial charge on any atom is -0.385 e. The summed E-state index contributed by atoms with van der Waals surface area (Å²) in [6.45, 7) is 4.03. The first kappa shape index (κ1) is 10.7. The Balaban J connectivity index is 2.77. The highest BCUT2D eigenvalue weighted by molar-refractivity contribution is 7.10. The smallest absolute Gasteiger partial charge is 0.114 e. The van der Waals surface area contributed by atoms with Gasteiger partial charge in [-0.15, -0.1) is 11.3 Å². The molecule has 2 atom stereocenters. The highest BCUT2D eigenvalue weighted by atomic mass is 32.1. The third kappa shape index (κ3) is 2.30. The van der Waals surface area contributed by atoms with E-state index in [1.54, 1.807) is 18.4 Å². The van der Waals surface area contributed by atoms with Gasteiger partial charge in [0.25, 0.3) is 0 Å². The molecule has 1 aromatic heterocycles. The molecule has 13 heavy (non-hydrogen) atoms. The summed E-state index contributed by atoms with van der Waals surface area (Å²) < 4.78 is 5.20. The lowest BCUT2D eigenvalue weighted by atomic mass is 10.1. The van der Waals surface area contributed by atoms with Crippen LogP contribution < -0.4 is 0 Å². The first-order valence-corrected chi connectivity index (χ1v) is 5.33. The van der Waals surface area contributed by atoms with Crippen LogP contribution in [0, 0.1) is 6.92 Å². The maximum absolute atomic E-state index is 9.94. The van der Waals surface area contributed by atoms with Gasteiger partial charge in [-0.1, -0.05) is 6.92 Å². The molecule has 0 saturated carbocycles. The van der Waals surface area contributed by atoms with Gasteiger partial charge in [0.05, 0.1) is 6.10 Å². The van der Waals surface area contributed by atoms with Crippen molar-refractivity contribution in [3.8, 4) is 0 Å². The number of thiophene rings is 1. The lowest BCUT2D eigenvalue weighted by Crippen LogP contribution is -2.19. The Morgan fingerprint density at radius 2 is 2.31 bits per heavy atom. The number of aryl methyl sites for hydroxylation is 1. The van der Waals surface area contributed by atoms with Gasteiger partial charge in [-0.3, -0.25) is 0 Å². The number of hydrogen-bond acceptors (Lipinski definition) is 3. The van der Waals surface area contributed by atoms with E-state index in [1.807, 2.05) is 25.3 Å². The monoisotopic (exact) mass is 200 g/mol. The van der Waals surface area contributed by atoms with Crippen molar-refractivity contribution in [3.05, 3.63) is 21.9 Å². The van der Waals surface area contributed by atoms with E-state index < -0.39 is 6.10 Å². The molecule has 0 fully saturated rings. The van der Waals surface area contributed by atoms with Crippen LogP contribution in [-0.2, 0) is 4.74 Å². The molecular formula is C10H16O2S. The summed E-state index contributed by atoms with van der Waals surface area (Å²) in [4.78, 5) is 1.02. The summed E-state index contributed by atoms with van der Waals surface area (Å²) in [5.41, 5.74) is 1.15. The van der Waals surface area contributed by atoms with Crippen LogP contribution in [0.5, 0.6) is 0 Å². The van der Waals surface area contributed by atoms with Crippen LogP contribution in [0.15, 0.2) is 11.4 Å². The molecule has 2 unspecified atom stereocenters. The fraction of sp³-hybridized carbons (Fsp3) is 0.600. The molecule has 74 valence electrons. The molecular weight excluding hydrogens is 184 g/mol. The van der Waals surface area contributed by atoms with E-state index in [9.17, 15) is 5.11 Å². The lowest BCUT2D eigenvalue weighted by molar-refractivity contribution is -0.0133. The molecule has 0 spiro atoms. The topological polar surface area (TPSA) is 29.5 Å². The Kier molecular flexibility index (Phi) is 3.90. The number of ether oxygens (including phenoxy) is 1. The molecule has 0 saturated heterocycles. The predicted molar refractivity (Wildman–Crippen MR) is 55.1 cm³/mol.